The summed E-state index contributed by atoms with van der Waals surface area (Å²) < 4.78 is 31.1. The van der Waals surface area contributed by atoms with Crippen molar-refractivity contribution in [3.8, 4) is 5.75 Å². The van der Waals surface area contributed by atoms with Gasteiger partial charge in [0.15, 0.2) is 17.4 Å². The number of carbonyl (C=O) groups is 1. The quantitative estimate of drug-likeness (QED) is 0.598. The topological polar surface area (TPSA) is 69.2 Å². The largest absolute Gasteiger partial charge is 0.451 e. The number of methoxy groups -OCH3 is 1. The molecular formula is C17H15ClF2N2O4. The molecule has 2 rings (SSSR count). The van der Waals surface area contributed by atoms with E-state index < -0.39 is 17.7 Å². The zero-order valence-electron chi connectivity index (χ0n) is 13.9. The van der Waals surface area contributed by atoms with E-state index in [1.165, 1.54) is 31.4 Å². The molecule has 0 radical (unpaired) electrons. The van der Waals surface area contributed by atoms with Crippen LogP contribution >= 0.6 is 11.6 Å². The molecule has 0 unspecified atom stereocenters. The standard InChI is InChI=1S/C17H15ClF2N2O4/c1-10(21-25-9-12-4-3-5-14(19)16(12)20)11-6-7-13(18)15(8-11)26-22-17(23)24-2/h3-8H,9H2,1-2H3,(H,22,23). The zero-order valence-corrected chi connectivity index (χ0v) is 14.6. The summed E-state index contributed by atoms with van der Waals surface area (Å²) in [5, 5.41) is 4.11. The molecule has 26 heavy (non-hydrogen) atoms. The van der Waals surface area contributed by atoms with E-state index >= 15 is 0 Å². The summed E-state index contributed by atoms with van der Waals surface area (Å²) in [5.41, 5.74) is 3.09. The van der Waals surface area contributed by atoms with Gasteiger partial charge in [-0.2, -0.15) is 5.48 Å². The van der Waals surface area contributed by atoms with E-state index in [0.29, 0.717) is 11.3 Å². The summed E-state index contributed by atoms with van der Waals surface area (Å²) in [6.45, 7) is 1.41. The van der Waals surface area contributed by atoms with E-state index in [1.807, 2.05) is 5.48 Å². The molecule has 2 aromatic rings. The van der Waals surface area contributed by atoms with Crippen molar-refractivity contribution in [3.63, 3.8) is 0 Å². The highest BCUT2D eigenvalue weighted by Gasteiger charge is 2.10. The SMILES string of the molecule is COC(=O)NOc1cc(C(C)=NOCc2cccc(F)c2F)ccc1Cl. The first kappa shape index (κ1) is 19.5. The second-order valence-corrected chi connectivity index (χ2v) is 5.41. The van der Waals surface area contributed by atoms with Crippen LogP contribution in [0.25, 0.3) is 0 Å². The van der Waals surface area contributed by atoms with E-state index in [0.717, 1.165) is 6.07 Å². The fourth-order valence-corrected chi connectivity index (χ4v) is 2.01. The summed E-state index contributed by atoms with van der Waals surface area (Å²) in [4.78, 5) is 21.2. The Bertz CT molecular complexity index is 830. The second-order valence-electron chi connectivity index (χ2n) is 5.00. The maximum Gasteiger partial charge on any atom is 0.440 e. The Morgan fingerprint density at radius 3 is 2.77 bits per heavy atom. The molecule has 6 nitrogen and oxygen atoms in total. The van der Waals surface area contributed by atoms with Crippen LogP contribution < -0.4 is 10.3 Å². The molecule has 0 heterocycles. The Morgan fingerprint density at radius 1 is 1.27 bits per heavy atom. The molecule has 0 aliphatic rings. The van der Waals surface area contributed by atoms with Gasteiger partial charge in [0.2, 0.25) is 0 Å². The van der Waals surface area contributed by atoms with Gasteiger partial charge in [-0.1, -0.05) is 35.0 Å². The number of carbonyl (C=O) groups excluding carboxylic acids is 1. The first-order valence-electron chi connectivity index (χ1n) is 7.32. The van der Waals surface area contributed by atoms with Crippen molar-refractivity contribution in [1.82, 2.24) is 5.48 Å². The maximum atomic E-state index is 13.5. The van der Waals surface area contributed by atoms with Crippen LogP contribution in [0.3, 0.4) is 0 Å². The van der Waals surface area contributed by atoms with Crippen LogP contribution in [-0.2, 0) is 16.2 Å². The van der Waals surface area contributed by atoms with Crippen molar-refractivity contribution in [3.05, 3.63) is 64.2 Å². The molecule has 0 bridgehead atoms. The summed E-state index contributed by atoms with van der Waals surface area (Å²) in [6.07, 6.45) is -0.794. The molecule has 1 N–H and O–H groups in total. The minimum Gasteiger partial charge on any atom is -0.451 e. The van der Waals surface area contributed by atoms with Crippen LogP contribution in [0.5, 0.6) is 5.75 Å². The van der Waals surface area contributed by atoms with Crippen molar-refractivity contribution in [2.75, 3.05) is 7.11 Å². The van der Waals surface area contributed by atoms with E-state index in [4.69, 9.17) is 21.3 Å². The van der Waals surface area contributed by atoms with Gasteiger partial charge in [0, 0.05) is 11.1 Å². The smallest absolute Gasteiger partial charge is 0.440 e. The molecule has 0 saturated carbocycles. The number of rotatable bonds is 6. The number of ether oxygens (including phenoxy) is 1. The van der Waals surface area contributed by atoms with Gasteiger partial charge in [0.25, 0.3) is 0 Å². The summed E-state index contributed by atoms with van der Waals surface area (Å²) >= 11 is 5.98. The molecule has 0 spiro atoms. The van der Waals surface area contributed by atoms with Gasteiger partial charge in [-0.25, -0.2) is 13.6 Å². The number of hydroxylamine groups is 1. The average molecular weight is 385 g/mol. The number of halogens is 3. The number of oxime groups is 1. The Balaban J connectivity index is 2.06. The normalized spacial score (nSPS) is 11.0. The lowest BCUT2D eigenvalue weighted by Gasteiger charge is -2.09. The average Bonchev–Trinajstić information content (AvgIpc) is 2.64. The van der Waals surface area contributed by atoms with Gasteiger partial charge in [-0.05, 0) is 25.1 Å². The van der Waals surface area contributed by atoms with Crippen LogP contribution in [0.15, 0.2) is 41.6 Å². The number of benzene rings is 2. The van der Waals surface area contributed by atoms with E-state index in [1.54, 1.807) is 13.0 Å². The lowest BCUT2D eigenvalue weighted by Crippen LogP contribution is -2.26. The van der Waals surface area contributed by atoms with Gasteiger partial charge in [0.1, 0.15) is 6.61 Å². The van der Waals surface area contributed by atoms with Crippen LogP contribution in [0.2, 0.25) is 5.02 Å². The number of nitrogens with zero attached hydrogens (tertiary/aromatic N) is 1. The third kappa shape index (κ3) is 5.06. The highest BCUT2D eigenvalue weighted by atomic mass is 35.5. The maximum absolute atomic E-state index is 13.5. The van der Waals surface area contributed by atoms with Gasteiger partial charge in [0.05, 0.1) is 17.8 Å². The summed E-state index contributed by atoms with van der Waals surface area (Å²) in [7, 11) is 1.19. The number of hydrogen-bond acceptors (Lipinski definition) is 5. The Kier molecular flexibility index (Phi) is 6.74. The summed E-state index contributed by atoms with van der Waals surface area (Å²) in [5.74, 6) is -1.76. The van der Waals surface area contributed by atoms with Crippen LogP contribution in [0, 0.1) is 11.6 Å². The number of hydrogen-bond donors (Lipinski definition) is 1. The van der Waals surface area contributed by atoms with Gasteiger partial charge < -0.3 is 14.4 Å². The predicted octanol–water partition coefficient (Wildman–Crippen LogP) is 4.21. The third-order valence-corrected chi connectivity index (χ3v) is 3.54. The molecular weight excluding hydrogens is 370 g/mol. The third-order valence-electron chi connectivity index (χ3n) is 3.23. The molecule has 0 aromatic heterocycles. The van der Waals surface area contributed by atoms with Gasteiger partial charge >= 0.3 is 6.09 Å². The zero-order chi connectivity index (χ0) is 19.1. The molecule has 0 aliphatic heterocycles. The first-order chi connectivity index (χ1) is 12.4. The monoisotopic (exact) mass is 384 g/mol. The van der Waals surface area contributed by atoms with Crippen molar-refractivity contribution < 1.29 is 28.0 Å². The van der Waals surface area contributed by atoms with Gasteiger partial charge in [-0.3, -0.25) is 0 Å². The van der Waals surface area contributed by atoms with Crippen LogP contribution in [-0.4, -0.2) is 18.9 Å². The second kappa shape index (κ2) is 9.00. The molecule has 9 heteroatoms. The summed E-state index contributed by atoms with van der Waals surface area (Å²) in [6, 6.07) is 8.50. The molecule has 1 amide bonds. The fraction of sp³-hybridized carbons (Fsp3) is 0.176. The number of amides is 1. The fourth-order valence-electron chi connectivity index (χ4n) is 1.86. The van der Waals surface area contributed by atoms with Crippen molar-refractivity contribution in [2.45, 2.75) is 13.5 Å². The van der Waals surface area contributed by atoms with Crippen LogP contribution in [0.4, 0.5) is 13.6 Å². The lowest BCUT2D eigenvalue weighted by atomic mass is 10.1. The van der Waals surface area contributed by atoms with Crippen LogP contribution in [0.1, 0.15) is 18.1 Å². The van der Waals surface area contributed by atoms with Gasteiger partial charge in [-0.15, -0.1) is 0 Å². The Morgan fingerprint density at radius 2 is 2.04 bits per heavy atom. The highest BCUT2D eigenvalue weighted by Crippen LogP contribution is 2.25. The van der Waals surface area contributed by atoms with E-state index in [9.17, 15) is 13.6 Å². The highest BCUT2D eigenvalue weighted by molar-refractivity contribution is 6.32. The van der Waals surface area contributed by atoms with E-state index in [2.05, 4.69) is 9.89 Å². The molecule has 2 aromatic carbocycles. The molecule has 0 fully saturated rings. The van der Waals surface area contributed by atoms with Crippen molar-refractivity contribution >= 4 is 23.4 Å². The van der Waals surface area contributed by atoms with Crippen molar-refractivity contribution in [2.24, 2.45) is 5.16 Å². The first-order valence-corrected chi connectivity index (χ1v) is 7.70. The number of nitrogens with one attached hydrogen (secondary N) is 1. The lowest BCUT2D eigenvalue weighted by molar-refractivity contribution is 0.118. The molecule has 0 saturated heterocycles. The molecule has 0 aliphatic carbocycles. The Labute approximate surface area is 153 Å². The van der Waals surface area contributed by atoms with E-state index in [-0.39, 0.29) is 22.9 Å². The minimum absolute atomic E-state index is 0.0453. The van der Waals surface area contributed by atoms with Crippen molar-refractivity contribution in [1.29, 1.82) is 0 Å². The minimum atomic E-state index is -0.976. The Hall–Kier alpha value is -2.87. The molecule has 0 atom stereocenters. The predicted molar refractivity (Wildman–Crippen MR) is 91.0 cm³/mol. The molecule has 138 valence electrons.